The maximum absolute atomic E-state index is 12.5. The van der Waals surface area contributed by atoms with Crippen molar-refractivity contribution in [3.05, 3.63) is 57.8 Å². The Morgan fingerprint density at radius 1 is 1.00 bits per heavy atom. The van der Waals surface area contributed by atoms with Crippen LogP contribution >= 0.6 is 11.3 Å². The van der Waals surface area contributed by atoms with Gasteiger partial charge in [-0.1, -0.05) is 37.1 Å². The summed E-state index contributed by atoms with van der Waals surface area (Å²) in [7, 11) is 0. The van der Waals surface area contributed by atoms with Crippen LogP contribution in [0.4, 0.5) is 0 Å². The molecule has 1 heterocycles. The van der Waals surface area contributed by atoms with Gasteiger partial charge in [-0.15, -0.1) is 11.3 Å². The summed E-state index contributed by atoms with van der Waals surface area (Å²) in [5.74, 6) is -0.218. The Bertz CT molecular complexity index is 643. The van der Waals surface area contributed by atoms with E-state index >= 15 is 0 Å². The molecule has 1 N–H and O–H groups in total. The van der Waals surface area contributed by atoms with Gasteiger partial charge >= 0.3 is 0 Å². The smallest absolute Gasteiger partial charge is 0.252 e. The van der Waals surface area contributed by atoms with Crippen molar-refractivity contribution in [1.29, 1.82) is 0 Å². The first kappa shape index (κ1) is 14.0. The average Bonchev–Trinajstić information content (AvgIpc) is 3.19. The quantitative estimate of drug-likeness (QED) is 0.876. The number of thiophene rings is 1. The zero-order valence-electron chi connectivity index (χ0n) is 11.7. The van der Waals surface area contributed by atoms with Gasteiger partial charge in [0.1, 0.15) is 0 Å². The second-order valence-electron chi connectivity index (χ2n) is 5.31. The summed E-state index contributed by atoms with van der Waals surface area (Å²) < 4.78 is 0. The summed E-state index contributed by atoms with van der Waals surface area (Å²) in [4.78, 5) is 25.6. The number of amides is 1. The lowest BCUT2D eigenvalue weighted by Crippen LogP contribution is -2.33. The molecule has 1 aliphatic carbocycles. The van der Waals surface area contributed by atoms with E-state index in [1.54, 1.807) is 30.3 Å². The Labute approximate surface area is 128 Å². The fourth-order valence-electron chi connectivity index (χ4n) is 2.75. The molecule has 3 nitrogen and oxygen atoms in total. The SMILES string of the molecule is O=C(NC1CCCC1)c1ccccc1C(=O)c1cccs1. The first-order valence-corrected chi connectivity index (χ1v) is 8.12. The van der Waals surface area contributed by atoms with Crippen LogP contribution in [-0.4, -0.2) is 17.7 Å². The Morgan fingerprint density at radius 3 is 2.38 bits per heavy atom. The number of carbonyl (C=O) groups is 2. The van der Waals surface area contributed by atoms with Gasteiger partial charge in [-0.05, 0) is 30.4 Å². The highest BCUT2D eigenvalue weighted by atomic mass is 32.1. The number of carbonyl (C=O) groups excluding carboxylic acids is 2. The van der Waals surface area contributed by atoms with E-state index in [9.17, 15) is 9.59 Å². The third-order valence-electron chi connectivity index (χ3n) is 3.85. The number of hydrogen-bond donors (Lipinski definition) is 1. The van der Waals surface area contributed by atoms with E-state index in [2.05, 4.69) is 5.32 Å². The number of hydrogen-bond acceptors (Lipinski definition) is 3. The standard InChI is InChI=1S/C17H17NO2S/c19-16(15-10-5-11-21-15)13-8-3-4-9-14(13)17(20)18-12-6-1-2-7-12/h3-5,8-12H,1-2,6-7H2,(H,18,20). The molecule has 4 heteroatoms. The van der Waals surface area contributed by atoms with Gasteiger partial charge in [0, 0.05) is 11.6 Å². The Morgan fingerprint density at radius 2 is 1.71 bits per heavy atom. The Kier molecular flexibility index (Phi) is 4.15. The second kappa shape index (κ2) is 6.22. The molecule has 0 atom stereocenters. The number of benzene rings is 1. The lowest BCUT2D eigenvalue weighted by molar-refractivity contribution is 0.0928. The predicted molar refractivity (Wildman–Crippen MR) is 83.9 cm³/mol. The minimum Gasteiger partial charge on any atom is -0.349 e. The van der Waals surface area contributed by atoms with Gasteiger partial charge in [0.05, 0.1) is 10.4 Å². The van der Waals surface area contributed by atoms with Gasteiger partial charge in [0.2, 0.25) is 5.78 Å². The Balaban J connectivity index is 1.85. The number of rotatable bonds is 4. The highest BCUT2D eigenvalue weighted by Gasteiger charge is 2.22. The molecule has 1 aliphatic rings. The molecule has 0 spiro atoms. The van der Waals surface area contributed by atoms with Crippen LogP contribution in [-0.2, 0) is 0 Å². The van der Waals surface area contributed by atoms with Crippen LogP contribution in [0.1, 0.15) is 51.3 Å². The third kappa shape index (κ3) is 3.05. The molecule has 1 amide bonds. The van der Waals surface area contributed by atoms with Crippen LogP contribution in [0.25, 0.3) is 0 Å². The summed E-state index contributed by atoms with van der Waals surface area (Å²) >= 11 is 1.40. The van der Waals surface area contributed by atoms with Crippen molar-refractivity contribution >= 4 is 23.0 Å². The largest absolute Gasteiger partial charge is 0.349 e. The third-order valence-corrected chi connectivity index (χ3v) is 4.72. The normalized spacial score (nSPS) is 15.0. The van der Waals surface area contributed by atoms with E-state index in [-0.39, 0.29) is 17.7 Å². The van der Waals surface area contributed by atoms with E-state index in [4.69, 9.17) is 0 Å². The molecule has 1 saturated carbocycles. The molecule has 1 aromatic carbocycles. The first-order valence-electron chi connectivity index (χ1n) is 7.24. The van der Waals surface area contributed by atoms with Crippen LogP contribution in [0.15, 0.2) is 41.8 Å². The van der Waals surface area contributed by atoms with E-state index in [1.807, 2.05) is 11.4 Å². The predicted octanol–water partition coefficient (Wildman–Crippen LogP) is 3.65. The van der Waals surface area contributed by atoms with Crippen molar-refractivity contribution in [2.75, 3.05) is 0 Å². The van der Waals surface area contributed by atoms with Crippen LogP contribution in [0.2, 0.25) is 0 Å². The lowest BCUT2D eigenvalue weighted by Gasteiger charge is -2.13. The lowest BCUT2D eigenvalue weighted by atomic mass is 10.0. The van der Waals surface area contributed by atoms with Gasteiger partial charge in [-0.2, -0.15) is 0 Å². The van der Waals surface area contributed by atoms with Crippen LogP contribution in [0, 0.1) is 0 Å². The fraction of sp³-hybridized carbons (Fsp3) is 0.294. The van der Waals surface area contributed by atoms with Crippen molar-refractivity contribution in [3.8, 4) is 0 Å². The molecule has 0 unspecified atom stereocenters. The molecule has 108 valence electrons. The maximum Gasteiger partial charge on any atom is 0.252 e. The molecule has 3 rings (SSSR count). The van der Waals surface area contributed by atoms with Crippen molar-refractivity contribution in [3.63, 3.8) is 0 Å². The highest BCUT2D eigenvalue weighted by Crippen LogP contribution is 2.21. The summed E-state index contributed by atoms with van der Waals surface area (Å²) in [5.41, 5.74) is 0.957. The van der Waals surface area contributed by atoms with Gasteiger partial charge in [0.15, 0.2) is 0 Å². The first-order chi connectivity index (χ1) is 10.3. The summed E-state index contributed by atoms with van der Waals surface area (Å²) in [6, 6.07) is 10.9. The van der Waals surface area contributed by atoms with Crippen LogP contribution in [0.5, 0.6) is 0 Å². The average molecular weight is 299 g/mol. The molecular formula is C17H17NO2S. The topological polar surface area (TPSA) is 46.2 Å². The van der Waals surface area contributed by atoms with E-state index in [1.165, 1.54) is 24.2 Å². The van der Waals surface area contributed by atoms with Gasteiger partial charge < -0.3 is 5.32 Å². The monoisotopic (exact) mass is 299 g/mol. The van der Waals surface area contributed by atoms with Gasteiger partial charge in [-0.3, -0.25) is 9.59 Å². The Hall–Kier alpha value is -1.94. The van der Waals surface area contributed by atoms with Crippen molar-refractivity contribution in [1.82, 2.24) is 5.32 Å². The van der Waals surface area contributed by atoms with E-state index in [0.717, 1.165) is 12.8 Å². The molecule has 21 heavy (non-hydrogen) atoms. The molecule has 0 bridgehead atoms. The molecule has 0 saturated heterocycles. The molecule has 2 aromatic rings. The summed E-state index contributed by atoms with van der Waals surface area (Å²) in [6.07, 6.45) is 4.40. The van der Waals surface area contributed by atoms with Gasteiger partial charge in [0.25, 0.3) is 5.91 Å². The molecule has 0 radical (unpaired) electrons. The van der Waals surface area contributed by atoms with E-state index < -0.39 is 0 Å². The zero-order chi connectivity index (χ0) is 14.7. The molecule has 0 aliphatic heterocycles. The molecule has 1 fully saturated rings. The number of ketones is 1. The fourth-order valence-corrected chi connectivity index (χ4v) is 3.43. The minimum absolute atomic E-state index is 0.0813. The van der Waals surface area contributed by atoms with Crippen molar-refractivity contribution < 1.29 is 9.59 Å². The highest BCUT2D eigenvalue weighted by molar-refractivity contribution is 7.12. The van der Waals surface area contributed by atoms with E-state index in [0.29, 0.717) is 16.0 Å². The minimum atomic E-state index is -0.137. The van der Waals surface area contributed by atoms with Crippen molar-refractivity contribution in [2.24, 2.45) is 0 Å². The maximum atomic E-state index is 12.5. The summed E-state index contributed by atoms with van der Waals surface area (Å²) in [6.45, 7) is 0. The number of nitrogens with one attached hydrogen (secondary N) is 1. The van der Waals surface area contributed by atoms with Crippen LogP contribution in [0.3, 0.4) is 0 Å². The molecule has 1 aromatic heterocycles. The summed E-state index contributed by atoms with van der Waals surface area (Å²) in [5, 5.41) is 4.92. The second-order valence-corrected chi connectivity index (χ2v) is 6.25. The van der Waals surface area contributed by atoms with Gasteiger partial charge in [-0.25, -0.2) is 0 Å². The molecular weight excluding hydrogens is 282 g/mol. The van der Waals surface area contributed by atoms with Crippen LogP contribution < -0.4 is 5.32 Å². The van der Waals surface area contributed by atoms with Crippen molar-refractivity contribution in [2.45, 2.75) is 31.7 Å². The zero-order valence-corrected chi connectivity index (χ0v) is 12.5.